The van der Waals surface area contributed by atoms with Gasteiger partial charge in [-0.25, -0.2) is 9.59 Å². The van der Waals surface area contributed by atoms with Crippen LogP contribution in [0.4, 0.5) is 5.00 Å². The number of amides is 1. The molecule has 0 bridgehead atoms. The lowest BCUT2D eigenvalue weighted by atomic mass is 10.1. The molecule has 2 aromatic heterocycles. The fourth-order valence-electron chi connectivity index (χ4n) is 4.44. The number of rotatable bonds is 10. The third-order valence-corrected chi connectivity index (χ3v) is 7.51. The van der Waals surface area contributed by atoms with E-state index in [0.29, 0.717) is 27.8 Å². The minimum Gasteiger partial charge on any atom is -0.497 e. The van der Waals surface area contributed by atoms with Crippen molar-refractivity contribution in [3.63, 3.8) is 0 Å². The number of hydrogen-bond donors (Lipinski definition) is 1. The second kappa shape index (κ2) is 12.9. The van der Waals surface area contributed by atoms with E-state index in [1.54, 1.807) is 58.2 Å². The van der Waals surface area contributed by atoms with Gasteiger partial charge in [-0.05, 0) is 81.6 Å². The summed E-state index contributed by atoms with van der Waals surface area (Å²) in [6.45, 7) is 8.26. The molecule has 4 rings (SSSR count). The second-order valence-corrected chi connectivity index (χ2v) is 10.3. The molecule has 220 valence electrons. The summed E-state index contributed by atoms with van der Waals surface area (Å²) in [5.74, 6) is -1.36. The number of hydrogen-bond acceptors (Lipinski definition) is 10. The Morgan fingerprint density at radius 3 is 2.26 bits per heavy atom. The van der Waals surface area contributed by atoms with Crippen LogP contribution in [0.25, 0.3) is 22.3 Å². The molecule has 10 nitrogen and oxygen atoms in total. The number of fused-ring (bicyclic) bond motifs is 1. The molecule has 2 aromatic carbocycles. The van der Waals surface area contributed by atoms with E-state index in [4.69, 9.17) is 23.4 Å². The molecule has 0 saturated carbocycles. The van der Waals surface area contributed by atoms with Crippen LogP contribution in [0.15, 0.2) is 45.6 Å². The first kappa shape index (κ1) is 30.3. The zero-order valence-corrected chi connectivity index (χ0v) is 25.0. The van der Waals surface area contributed by atoms with Crippen LogP contribution in [-0.4, -0.2) is 44.8 Å². The number of anilines is 1. The fourth-order valence-corrected chi connectivity index (χ4v) is 5.54. The molecular formula is C31H31NO9S. The highest BCUT2D eigenvalue weighted by Crippen LogP contribution is 2.35. The van der Waals surface area contributed by atoms with Gasteiger partial charge in [0.1, 0.15) is 21.2 Å². The van der Waals surface area contributed by atoms with Gasteiger partial charge in [0.05, 0.1) is 31.3 Å². The largest absolute Gasteiger partial charge is 0.497 e. The maximum Gasteiger partial charge on any atom is 0.348 e. The molecular weight excluding hydrogens is 562 g/mol. The molecule has 1 N–H and O–H groups in total. The first-order valence-electron chi connectivity index (χ1n) is 13.2. The predicted octanol–water partition coefficient (Wildman–Crippen LogP) is 5.83. The molecule has 0 spiro atoms. The third kappa shape index (κ3) is 6.15. The van der Waals surface area contributed by atoms with E-state index in [2.05, 4.69) is 5.32 Å². The van der Waals surface area contributed by atoms with Crippen LogP contribution in [-0.2, 0) is 14.3 Å². The van der Waals surface area contributed by atoms with Gasteiger partial charge in [0.25, 0.3) is 5.91 Å². The number of ether oxygens (including phenoxy) is 4. The average molecular weight is 594 g/mol. The average Bonchev–Trinajstić information content (AvgIpc) is 3.28. The summed E-state index contributed by atoms with van der Waals surface area (Å²) >= 11 is 0.895. The Labute approximate surface area is 246 Å². The summed E-state index contributed by atoms with van der Waals surface area (Å²) in [4.78, 5) is 52.1. The van der Waals surface area contributed by atoms with Gasteiger partial charge in [0, 0.05) is 5.56 Å². The normalized spacial score (nSPS) is 10.8. The number of carbonyl (C=O) groups is 3. The van der Waals surface area contributed by atoms with Crippen molar-refractivity contribution in [3.05, 3.63) is 73.8 Å². The van der Waals surface area contributed by atoms with Crippen LogP contribution in [0.3, 0.4) is 0 Å². The summed E-state index contributed by atoms with van der Waals surface area (Å²) in [7, 11) is 1.54. The van der Waals surface area contributed by atoms with Crippen molar-refractivity contribution in [3.8, 4) is 22.8 Å². The summed E-state index contributed by atoms with van der Waals surface area (Å²) in [5.41, 5.74) is 2.54. The number of aryl methyl sites for hydroxylation is 2. The second-order valence-electron chi connectivity index (χ2n) is 9.31. The van der Waals surface area contributed by atoms with E-state index in [1.165, 1.54) is 0 Å². The van der Waals surface area contributed by atoms with Crippen molar-refractivity contribution >= 4 is 45.2 Å². The molecule has 0 aliphatic rings. The van der Waals surface area contributed by atoms with Crippen LogP contribution in [0.1, 0.15) is 50.6 Å². The highest BCUT2D eigenvalue weighted by Gasteiger charge is 2.28. The Kier molecular flexibility index (Phi) is 9.31. The standard InChI is InChI=1S/C31H31NO9S/c1-7-38-30(35)23-18(5)28(31(36)39-8-2)42-29(23)32-22(33)15-40-27-24(34)21-14-16(3)13-17(4)25(21)41-26(27)19-9-11-20(37-6)12-10-19/h9-14H,7-8,15H2,1-6H3,(H,32,33). The molecule has 0 radical (unpaired) electrons. The lowest BCUT2D eigenvalue weighted by Gasteiger charge is -2.13. The van der Waals surface area contributed by atoms with Gasteiger partial charge in [0.15, 0.2) is 12.4 Å². The number of carbonyl (C=O) groups excluding carboxylic acids is 3. The Hall–Kier alpha value is -4.64. The Balaban J connectivity index is 1.70. The topological polar surface area (TPSA) is 130 Å². The van der Waals surface area contributed by atoms with Gasteiger partial charge < -0.3 is 28.7 Å². The third-order valence-electron chi connectivity index (χ3n) is 6.32. The van der Waals surface area contributed by atoms with Gasteiger partial charge in [0.2, 0.25) is 11.2 Å². The molecule has 1 amide bonds. The summed E-state index contributed by atoms with van der Waals surface area (Å²) in [6, 6.07) is 10.5. The van der Waals surface area contributed by atoms with Crippen molar-refractivity contribution in [2.45, 2.75) is 34.6 Å². The van der Waals surface area contributed by atoms with Crippen LogP contribution < -0.4 is 20.2 Å². The van der Waals surface area contributed by atoms with Gasteiger partial charge in [-0.1, -0.05) is 6.07 Å². The SMILES string of the molecule is CCOC(=O)c1sc(NC(=O)COc2c(-c3ccc(OC)cc3)oc3c(C)cc(C)cc3c2=O)c(C(=O)OCC)c1C. The Bertz CT molecular complexity index is 1720. The first-order valence-corrected chi connectivity index (χ1v) is 14.0. The van der Waals surface area contributed by atoms with Crippen molar-refractivity contribution in [1.29, 1.82) is 0 Å². The lowest BCUT2D eigenvalue weighted by molar-refractivity contribution is -0.118. The molecule has 42 heavy (non-hydrogen) atoms. The van der Waals surface area contributed by atoms with Crippen LogP contribution in [0, 0.1) is 20.8 Å². The molecule has 0 saturated heterocycles. The number of thiophene rings is 1. The van der Waals surface area contributed by atoms with Crippen molar-refractivity contribution in [2.24, 2.45) is 0 Å². The molecule has 0 unspecified atom stereocenters. The molecule has 0 fully saturated rings. The zero-order valence-electron chi connectivity index (χ0n) is 24.2. The minimum absolute atomic E-state index is 0.0494. The molecule has 0 atom stereocenters. The maximum atomic E-state index is 13.7. The van der Waals surface area contributed by atoms with E-state index in [1.807, 2.05) is 19.9 Å². The molecule has 2 heterocycles. The Morgan fingerprint density at radius 2 is 1.62 bits per heavy atom. The summed E-state index contributed by atoms with van der Waals surface area (Å²) in [5, 5.41) is 3.05. The molecule has 11 heteroatoms. The van der Waals surface area contributed by atoms with Crippen molar-refractivity contribution < 1.29 is 37.7 Å². The molecule has 4 aromatic rings. The van der Waals surface area contributed by atoms with Gasteiger partial charge in [-0.3, -0.25) is 9.59 Å². The van der Waals surface area contributed by atoms with Crippen molar-refractivity contribution in [1.82, 2.24) is 0 Å². The summed E-state index contributed by atoms with van der Waals surface area (Å²) in [6.07, 6.45) is 0. The van der Waals surface area contributed by atoms with Gasteiger partial charge in [-0.2, -0.15) is 0 Å². The van der Waals surface area contributed by atoms with E-state index in [-0.39, 0.29) is 40.2 Å². The zero-order chi connectivity index (χ0) is 30.6. The quantitative estimate of drug-likeness (QED) is 0.226. The van der Waals surface area contributed by atoms with E-state index in [0.717, 1.165) is 22.5 Å². The van der Waals surface area contributed by atoms with Gasteiger partial charge in [-0.15, -0.1) is 11.3 Å². The minimum atomic E-state index is -0.694. The lowest BCUT2D eigenvalue weighted by Crippen LogP contribution is -2.23. The Morgan fingerprint density at radius 1 is 0.952 bits per heavy atom. The summed E-state index contributed by atoms with van der Waals surface area (Å²) < 4.78 is 27.5. The number of methoxy groups -OCH3 is 1. The van der Waals surface area contributed by atoms with Gasteiger partial charge >= 0.3 is 11.9 Å². The monoisotopic (exact) mass is 593 g/mol. The van der Waals surface area contributed by atoms with E-state index in [9.17, 15) is 19.2 Å². The van der Waals surface area contributed by atoms with E-state index >= 15 is 0 Å². The highest BCUT2D eigenvalue weighted by atomic mass is 32.1. The fraction of sp³-hybridized carbons (Fsp3) is 0.290. The number of esters is 2. The van der Waals surface area contributed by atoms with Crippen molar-refractivity contribution in [2.75, 3.05) is 32.2 Å². The van der Waals surface area contributed by atoms with Crippen LogP contribution in [0.2, 0.25) is 0 Å². The van der Waals surface area contributed by atoms with Crippen LogP contribution in [0.5, 0.6) is 11.5 Å². The van der Waals surface area contributed by atoms with Crippen LogP contribution >= 0.6 is 11.3 Å². The maximum absolute atomic E-state index is 13.7. The highest BCUT2D eigenvalue weighted by molar-refractivity contribution is 7.18. The predicted molar refractivity (Wildman–Crippen MR) is 159 cm³/mol. The number of benzene rings is 2. The smallest absolute Gasteiger partial charge is 0.348 e. The molecule has 0 aliphatic heterocycles. The van der Waals surface area contributed by atoms with E-state index < -0.39 is 29.9 Å². The molecule has 0 aliphatic carbocycles. The first-order chi connectivity index (χ1) is 20.1. The number of nitrogens with one attached hydrogen (secondary N) is 1.